The van der Waals surface area contributed by atoms with E-state index in [9.17, 15) is 24.1 Å². The van der Waals surface area contributed by atoms with Crippen molar-refractivity contribution < 1.29 is 23.6 Å². The van der Waals surface area contributed by atoms with Crippen LogP contribution in [0.2, 0.25) is 0 Å². The Hall–Kier alpha value is -2.51. The van der Waals surface area contributed by atoms with Crippen LogP contribution < -0.4 is 4.74 Å². The second kappa shape index (κ2) is 8.06. The first-order chi connectivity index (χ1) is 10.4. The van der Waals surface area contributed by atoms with Gasteiger partial charge in [-0.1, -0.05) is 0 Å². The molecule has 0 unspecified atom stereocenters. The Labute approximate surface area is 126 Å². The first kappa shape index (κ1) is 17.5. The van der Waals surface area contributed by atoms with Gasteiger partial charge in [-0.05, 0) is 19.4 Å². The molecule has 7 nitrogen and oxygen atoms in total. The number of carbonyl (C=O) groups is 2. The van der Waals surface area contributed by atoms with Gasteiger partial charge in [0.25, 0.3) is 5.69 Å². The first-order valence-electron chi connectivity index (χ1n) is 6.71. The van der Waals surface area contributed by atoms with Crippen molar-refractivity contribution in [2.45, 2.75) is 19.8 Å². The van der Waals surface area contributed by atoms with Crippen LogP contribution in [0, 0.1) is 15.9 Å². The molecule has 1 aromatic rings. The van der Waals surface area contributed by atoms with Crippen LogP contribution in [0.1, 0.15) is 30.1 Å². The Bertz CT molecular complexity index is 577. The van der Waals surface area contributed by atoms with Gasteiger partial charge in [-0.15, -0.1) is 0 Å². The van der Waals surface area contributed by atoms with Crippen LogP contribution in [0.25, 0.3) is 0 Å². The van der Waals surface area contributed by atoms with Crippen LogP contribution in [0.5, 0.6) is 5.75 Å². The van der Waals surface area contributed by atoms with Gasteiger partial charge in [-0.25, -0.2) is 4.39 Å². The molecule has 0 spiro atoms. The molecule has 0 aliphatic carbocycles. The minimum atomic E-state index is -1.07. The molecule has 0 N–H and O–H groups in total. The predicted octanol–water partition coefficient (Wildman–Crippen LogP) is 2.18. The van der Waals surface area contributed by atoms with Gasteiger partial charge in [-0.2, -0.15) is 0 Å². The van der Waals surface area contributed by atoms with E-state index in [1.807, 2.05) is 6.92 Å². The Morgan fingerprint density at radius 3 is 2.73 bits per heavy atom. The normalized spacial score (nSPS) is 10.1. The average molecular weight is 312 g/mol. The standard InChI is InChI=1S/C14H17FN2O5/c1-3-16(2)13(19)5-4-8-22-12-7-6-11(17(20)21)10(9-18)14(12)15/h6-7,9H,3-5,8H2,1-2H3. The van der Waals surface area contributed by atoms with E-state index in [4.69, 9.17) is 4.74 Å². The highest BCUT2D eigenvalue weighted by molar-refractivity contribution is 5.82. The van der Waals surface area contributed by atoms with Gasteiger partial charge in [0.1, 0.15) is 5.56 Å². The maximum atomic E-state index is 13.9. The van der Waals surface area contributed by atoms with E-state index in [0.717, 1.165) is 12.1 Å². The topological polar surface area (TPSA) is 89.8 Å². The summed E-state index contributed by atoms with van der Waals surface area (Å²) in [4.78, 5) is 33.7. The summed E-state index contributed by atoms with van der Waals surface area (Å²) in [7, 11) is 1.68. The number of ether oxygens (including phenoxy) is 1. The van der Waals surface area contributed by atoms with Crippen LogP contribution in [-0.2, 0) is 4.79 Å². The molecule has 0 aromatic heterocycles. The van der Waals surface area contributed by atoms with Crippen molar-refractivity contribution in [3.05, 3.63) is 33.6 Å². The Balaban J connectivity index is 2.66. The minimum absolute atomic E-state index is 0.0520. The number of benzene rings is 1. The number of amides is 1. The Morgan fingerprint density at radius 2 is 2.18 bits per heavy atom. The molecule has 1 rings (SSSR count). The highest BCUT2D eigenvalue weighted by atomic mass is 19.1. The SMILES string of the molecule is CCN(C)C(=O)CCCOc1ccc([N+](=O)[O-])c(C=O)c1F. The molecule has 1 amide bonds. The van der Waals surface area contributed by atoms with Gasteiger partial charge in [0.15, 0.2) is 17.9 Å². The van der Waals surface area contributed by atoms with Crippen molar-refractivity contribution >= 4 is 17.9 Å². The number of carbonyl (C=O) groups excluding carboxylic acids is 2. The van der Waals surface area contributed by atoms with Crippen molar-refractivity contribution in [3.8, 4) is 5.75 Å². The summed E-state index contributed by atoms with van der Waals surface area (Å²) in [6.07, 6.45) is 0.704. The number of nitro benzene ring substituents is 1. The fourth-order valence-electron chi connectivity index (χ4n) is 1.72. The lowest BCUT2D eigenvalue weighted by molar-refractivity contribution is -0.385. The Morgan fingerprint density at radius 1 is 1.50 bits per heavy atom. The van der Waals surface area contributed by atoms with E-state index in [0.29, 0.717) is 13.0 Å². The molecule has 0 radical (unpaired) electrons. The first-order valence-corrected chi connectivity index (χ1v) is 6.71. The molecular weight excluding hydrogens is 295 g/mol. The lowest BCUT2D eigenvalue weighted by Crippen LogP contribution is -2.26. The van der Waals surface area contributed by atoms with Crippen LogP contribution >= 0.6 is 0 Å². The molecule has 0 heterocycles. The molecule has 1 aromatic carbocycles. The lowest BCUT2D eigenvalue weighted by Gasteiger charge is -2.14. The quantitative estimate of drug-likeness (QED) is 0.318. The third-order valence-electron chi connectivity index (χ3n) is 3.13. The van der Waals surface area contributed by atoms with Crippen molar-refractivity contribution in [2.75, 3.05) is 20.2 Å². The number of aldehydes is 1. The third-order valence-corrected chi connectivity index (χ3v) is 3.13. The van der Waals surface area contributed by atoms with Gasteiger partial charge in [0.05, 0.1) is 11.5 Å². The molecular formula is C14H17FN2O5. The highest BCUT2D eigenvalue weighted by Gasteiger charge is 2.21. The summed E-state index contributed by atoms with van der Waals surface area (Å²) >= 11 is 0. The van der Waals surface area contributed by atoms with Crippen LogP contribution in [0.15, 0.2) is 12.1 Å². The summed E-state index contributed by atoms with van der Waals surface area (Å²) < 4.78 is 19.1. The number of hydrogen-bond acceptors (Lipinski definition) is 5. The van der Waals surface area contributed by atoms with Crippen molar-refractivity contribution in [1.82, 2.24) is 4.90 Å². The molecule has 0 saturated carbocycles. The van der Waals surface area contributed by atoms with Crippen LogP contribution in [0.4, 0.5) is 10.1 Å². The van der Waals surface area contributed by atoms with E-state index in [1.54, 1.807) is 11.9 Å². The van der Waals surface area contributed by atoms with Gasteiger partial charge in [-0.3, -0.25) is 19.7 Å². The second-order valence-electron chi connectivity index (χ2n) is 4.55. The van der Waals surface area contributed by atoms with E-state index in [-0.39, 0.29) is 31.0 Å². The molecule has 0 aliphatic rings. The smallest absolute Gasteiger partial charge is 0.283 e. The second-order valence-corrected chi connectivity index (χ2v) is 4.55. The summed E-state index contributed by atoms with van der Waals surface area (Å²) in [6, 6.07) is 2.11. The zero-order valence-electron chi connectivity index (χ0n) is 12.4. The van der Waals surface area contributed by atoms with E-state index in [2.05, 4.69) is 0 Å². The molecule has 8 heteroatoms. The predicted molar refractivity (Wildman–Crippen MR) is 76.5 cm³/mol. The lowest BCUT2D eigenvalue weighted by atomic mass is 10.1. The number of nitro groups is 1. The molecule has 120 valence electrons. The summed E-state index contributed by atoms with van der Waals surface area (Å²) in [6.45, 7) is 2.51. The fraction of sp³-hybridized carbons (Fsp3) is 0.429. The Kier molecular flexibility index (Phi) is 6.43. The summed E-state index contributed by atoms with van der Waals surface area (Å²) in [5.41, 5.74) is -1.26. The van der Waals surface area contributed by atoms with Gasteiger partial charge >= 0.3 is 0 Å². The summed E-state index contributed by atoms with van der Waals surface area (Å²) in [5.74, 6) is -1.37. The number of nitrogens with zero attached hydrogens (tertiary/aromatic N) is 2. The highest BCUT2D eigenvalue weighted by Crippen LogP contribution is 2.27. The molecule has 22 heavy (non-hydrogen) atoms. The molecule has 0 atom stereocenters. The third kappa shape index (κ3) is 4.24. The average Bonchev–Trinajstić information content (AvgIpc) is 2.50. The minimum Gasteiger partial charge on any atom is -0.490 e. The zero-order chi connectivity index (χ0) is 16.7. The zero-order valence-corrected chi connectivity index (χ0v) is 12.4. The molecule has 0 saturated heterocycles. The number of hydrogen-bond donors (Lipinski definition) is 0. The van der Waals surface area contributed by atoms with E-state index < -0.39 is 22.0 Å². The maximum absolute atomic E-state index is 13.9. The van der Waals surface area contributed by atoms with E-state index in [1.165, 1.54) is 0 Å². The van der Waals surface area contributed by atoms with Gasteiger partial charge in [0, 0.05) is 26.1 Å². The summed E-state index contributed by atoms with van der Waals surface area (Å²) in [5, 5.41) is 10.7. The molecule has 0 bridgehead atoms. The van der Waals surface area contributed by atoms with Crippen molar-refractivity contribution in [2.24, 2.45) is 0 Å². The maximum Gasteiger partial charge on any atom is 0.283 e. The van der Waals surface area contributed by atoms with Crippen LogP contribution in [0.3, 0.4) is 0 Å². The van der Waals surface area contributed by atoms with Gasteiger partial charge in [0.2, 0.25) is 5.91 Å². The largest absolute Gasteiger partial charge is 0.490 e. The van der Waals surface area contributed by atoms with Gasteiger partial charge < -0.3 is 9.64 Å². The van der Waals surface area contributed by atoms with Crippen molar-refractivity contribution in [1.29, 1.82) is 0 Å². The number of halogens is 1. The molecule has 0 aliphatic heterocycles. The fourth-order valence-corrected chi connectivity index (χ4v) is 1.72. The number of rotatable bonds is 8. The monoisotopic (exact) mass is 312 g/mol. The molecule has 0 fully saturated rings. The van der Waals surface area contributed by atoms with Crippen molar-refractivity contribution in [3.63, 3.8) is 0 Å². The van der Waals surface area contributed by atoms with Crippen LogP contribution in [-0.4, -0.2) is 42.2 Å². The van der Waals surface area contributed by atoms with E-state index >= 15 is 0 Å².